The van der Waals surface area contributed by atoms with Gasteiger partial charge in [-0.1, -0.05) is 52.9 Å². The highest BCUT2D eigenvalue weighted by atomic mass is 35.5. The van der Waals surface area contributed by atoms with Gasteiger partial charge in [0.05, 0.1) is 32.4 Å². The fourth-order valence-corrected chi connectivity index (χ4v) is 6.42. The first-order chi connectivity index (χ1) is 19.4. The van der Waals surface area contributed by atoms with Crippen LogP contribution in [0.15, 0.2) is 41.6 Å². The van der Waals surface area contributed by atoms with Gasteiger partial charge in [-0.15, -0.1) is 5.10 Å². The van der Waals surface area contributed by atoms with Gasteiger partial charge in [-0.25, -0.2) is 8.42 Å². The molecule has 214 valence electrons. The molecule has 5 rings (SSSR count). The maximum absolute atomic E-state index is 12.7. The quantitative estimate of drug-likeness (QED) is 0.259. The first-order valence-electron chi connectivity index (χ1n) is 12.8. The molecule has 1 aromatic heterocycles. The highest BCUT2D eigenvalue weighted by Gasteiger charge is 2.39. The Morgan fingerprint density at radius 2 is 1.85 bits per heavy atom. The molecule has 14 heteroatoms. The van der Waals surface area contributed by atoms with Gasteiger partial charge in [-0.05, 0) is 91.8 Å². The van der Waals surface area contributed by atoms with E-state index in [4.69, 9.17) is 23.2 Å². The molecule has 0 bridgehead atoms. The van der Waals surface area contributed by atoms with Gasteiger partial charge in [0.1, 0.15) is 5.41 Å². The maximum Gasteiger partial charge on any atom is 0.251 e. The Balaban J connectivity index is 1.18. The van der Waals surface area contributed by atoms with Gasteiger partial charge in [0, 0.05) is 5.56 Å². The summed E-state index contributed by atoms with van der Waals surface area (Å²) in [6.07, 6.45) is 3.44. The van der Waals surface area contributed by atoms with Crippen molar-refractivity contribution in [2.75, 3.05) is 11.1 Å². The summed E-state index contributed by atoms with van der Waals surface area (Å²) in [7, 11) is -3.67. The number of aromatic nitrogens is 4. The van der Waals surface area contributed by atoms with Crippen LogP contribution in [0.2, 0.25) is 10.0 Å². The molecule has 2 fully saturated rings. The molecule has 2 saturated carbocycles. The Hall–Kier alpha value is -3.11. The number of nitrogens with zero attached hydrogens (tertiary/aromatic N) is 4. The summed E-state index contributed by atoms with van der Waals surface area (Å²) in [5, 5.41) is 15.2. The fourth-order valence-electron chi connectivity index (χ4n) is 3.80. The van der Waals surface area contributed by atoms with Crippen molar-refractivity contribution in [1.29, 1.82) is 0 Å². The highest BCUT2D eigenvalue weighted by Crippen LogP contribution is 2.41. The van der Waals surface area contributed by atoms with Gasteiger partial charge in [0.15, 0.2) is 0 Å². The molecule has 10 nitrogen and oxygen atoms in total. The summed E-state index contributed by atoms with van der Waals surface area (Å²) in [6.45, 7) is 3.08. The SMILES string of the molecule is CC(C)(C#Cc1ccc(NC(=O)CSc2nnnn2-c2ccc(C3CC3)cc2Cl)c(Cl)c1)C(=O)NS(=O)(=O)C1CC1. The zero-order chi connectivity index (χ0) is 29.4. The van der Waals surface area contributed by atoms with Crippen LogP contribution in [0.25, 0.3) is 5.69 Å². The second kappa shape index (κ2) is 11.6. The summed E-state index contributed by atoms with van der Waals surface area (Å²) in [4.78, 5) is 25.2. The number of halogens is 2. The number of carbonyl (C=O) groups excluding carboxylic acids is 2. The number of nitrogens with one attached hydrogen (secondary N) is 2. The zero-order valence-electron chi connectivity index (χ0n) is 22.1. The third kappa shape index (κ3) is 7.22. The minimum atomic E-state index is -3.67. The molecule has 1 heterocycles. The molecule has 0 aliphatic heterocycles. The predicted octanol–water partition coefficient (Wildman–Crippen LogP) is 4.56. The molecule has 3 aromatic rings. The van der Waals surface area contributed by atoms with Crippen LogP contribution in [-0.4, -0.2) is 51.4 Å². The average molecular weight is 634 g/mol. The number of tetrazole rings is 1. The van der Waals surface area contributed by atoms with Crippen molar-refractivity contribution in [3.63, 3.8) is 0 Å². The molecule has 41 heavy (non-hydrogen) atoms. The largest absolute Gasteiger partial charge is 0.324 e. The van der Waals surface area contributed by atoms with Gasteiger partial charge in [0.25, 0.3) is 5.91 Å². The number of thioether (sulfide) groups is 1. The van der Waals surface area contributed by atoms with Crippen LogP contribution in [0.1, 0.15) is 56.6 Å². The Morgan fingerprint density at radius 3 is 2.51 bits per heavy atom. The van der Waals surface area contributed by atoms with E-state index in [1.54, 1.807) is 32.0 Å². The van der Waals surface area contributed by atoms with Crippen molar-refractivity contribution in [2.45, 2.75) is 55.9 Å². The maximum atomic E-state index is 12.7. The van der Waals surface area contributed by atoms with Crippen LogP contribution in [0, 0.1) is 17.3 Å². The molecule has 0 atom stereocenters. The smallest absolute Gasteiger partial charge is 0.251 e. The Bertz CT molecular complexity index is 1690. The molecule has 0 radical (unpaired) electrons. The summed E-state index contributed by atoms with van der Waals surface area (Å²) in [5.74, 6) is 5.24. The van der Waals surface area contributed by atoms with E-state index in [1.165, 1.54) is 23.1 Å². The zero-order valence-corrected chi connectivity index (χ0v) is 25.3. The van der Waals surface area contributed by atoms with Gasteiger partial charge < -0.3 is 5.32 Å². The molecule has 0 unspecified atom stereocenters. The van der Waals surface area contributed by atoms with Crippen molar-refractivity contribution in [2.24, 2.45) is 5.41 Å². The van der Waals surface area contributed by atoms with Gasteiger partial charge in [-0.2, -0.15) is 4.68 Å². The number of carbonyl (C=O) groups is 2. The van der Waals surface area contributed by atoms with E-state index in [0.29, 0.717) is 45.9 Å². The van der Waals surface area contributed by atoms with Crippen LogP contribution in [0.4, 0.5) is 5.69 Å². The number of hydrogen-bond acceptors (Lipinski definition) is 8. The highest BCUT2D eigenvalue weighted by molar-refractivity contribution is 7.99. The summed E-state index contributed by atoms with van der Waals surface area (Å²) >= 11 is 14.0. The van der Waals surface area contributed by atoms with Crippen LogP contribution < -0.4 is 10.0 Å². The van der Waals surface area contributed by atoms with E-state index >= 15 is 0 Å². The number of benzene rings is 2. The topological polar surface area (TPSA) is 136 Å². The van der Waals surface area contributed by atoms with E-state index in [0.717, 1.165) is 11.8 Å². The molecule has 2 aromatic carbocycles. The molecular formula is C27H26Cl2N6O4S2. The second-order valence-electron chi connectivity index (χ2n) is 10.4. The Labute approximate surface area is 252 Å². The van der Waals surface area contributed by atoms with E-state index in [1.807, 2.05) is 18.2 Å². The summed E-state index contributed by atoms with van der Waals surface area (Å²) in [5.41, 5.74) is 1.46. The molecular weight excluding hydrogens is 607 g/mol. The van der Waals surface area contributed by atoms with Crippen molar-refractivity contribution in [3.8, 4) is 17.5 Å². The molecule has 0 saturated heterocycles. The predicted molar refractivity (Wildman–Crippen MR) is 158 cm³/mol. The van der Waals surface area contributed by atoms with Crippen molar-refractivity contribution in [1.82, 2.24) is 24.9 Å². The van der Waals surface area contributed by atoms with Gasteiger partial charge >= 0.3 is 0 Å². The van der Waals surface area contributed by atoms with E-state index in [9.17, 15) is 18.0 Å². The molecule has 2 aliphatic carbocycles. The number of sulfonamides is 1. The van der Waals surface area contributed by atoms with Crippen LogP contribution in [0.3, 0.4) is 0 Å². The van der Waals surface area contributed by atoms with Crippen molar-refractivity contribution in [3.05, 3.63) is 57.6 Å². The van der Waals surface area contributed by atoms with Crippen molar-refractivity contribution < 1.29 is 18.0 Å². The normalized spacial score (nSPS) is 15.1. The lowest BCUT2D eigenvalue weighted by atomic mass is 9.93. The molecule has 2 N–H and O–H groups in total. The molecule has 2 amide bonds. The summed E-state index contributed by atoms with van der Waals surface area (Å²) in [6, 6.07) is 10.6. The van der Waals surface area contributed by atoms with Crippen LogP contribution in [-0.2, 0) is 19.6 Å². The van der Waals surface area contributed by atoms with Gasteiger partial charge in [-0.3, -0.25) is 14.3 Å². The minimum Gasteiger partial charge on any atom is -0.324 e. The summed E-state index contributed by atoms with van der Waals surface area (Å²) < 4.78 is 27.8. The third-order valence-corrected chi connectivity index (χ3v) is 9.90. The third-order valence-electron chi connectivity index (χ3n) is 6.55. The number of rotatable bonds is 9. The Morgan fingerprint density at radius 1 is 1.10 bits per heavy atom. The van der Waals surface area contributed by atoms with E-state index in [-0.39, 0.29) is 16.7 Å². The number of anilines is 1. The number of hydrogen-bond donors (Lipinski definition) is 2. The van der Waals surface area contributed by atoms with Crippen molar-refractivity contribution >= 4 is 62.5 Å². The second-order valence-corrected chi connectivity index (χ2v) is 14.2. The Kier molecular flexibility index (Phi) is 8.34. The first-order valence-corrected chi connectivity index (χ1v) is 16.1. The lowest BCUT2D eigenvalue weighted by molar-refractivity contribution is -0.124. The monoisotopic (exact) mass is 632 g/mol. The van der Waals surface area contributed by atoms with E-state index in [2.05, 4.69) is 37.4 Å². The first kappa shape index (κ1) is 29.4. The lowest BCUT2D eigenvalue weighted by Gasteiger charge is -2.17. The number of amides is 2. The molecule has 0 spiro atoms. The van der Waals surface area contributed by atoms with Crippen LogP contribution in [0.5, 0.6) is 0 Å². The van der Waals surface area contributed by atoms with Gasteiger partial charge in [0.2, 0.25) is 21.1 Å². The average Bonchev–Trinajstić information content (AvgIpc) is 3.84. The van der Waals surface area contributed by atoms with E-state index < -0.39 is 26.6 Å². The lowest BCUT2D eigenvalue weighted by Crippen LogP contribution is -2.41. The molecule has 2 aliphatic rings. The van der Waals surface area contributed by atoms with Crippen LogP contribution >= 0.6 is 35.0 Å². The standard InChI is InChI=1S/C27H26Cl2N6O4S2/c1-27(2,25(37)32-41(38,39)19-7-8-19)12-11-16-3-9-22(20(28)13-16)30-24(36)15-40-26-31-33-34-35(26)23-10-6-18(14-21(23)29)17-4-5-17/h3,6,9-10,13-14,17,19H,4-5,7-8,15H2,1-2H3,(H,30,36)(H,32,37). The minimum absolute atomic E-state index is 0.0170. The fraction of sp³-hybridized carbons (Fsp3) is 0.370.